The molecule has 2 aromatic rings. The van der Waals surface area contributed by atoms with E-state index >= 15 is 0 Å². The van der Waals surface area contributed by atoms with Crippen molar-refractivity contribution in [3.05, 3.63) is 24.0 Å². The van der Waals surface area contributed by atoms with Crippen LogP contribution in [-0.4, -0.2) is 62.0 Å². The first kappa shape index (κ1) is 15.9. The SMILES string of the molecule is Cc1cnc(NCCN2CCCC(O)C2)nc1-c1ccnn1C. The number of rotatable bonds is 5. The van der Waals surface area contributed by atoms with Crippen molar-refractivity contribution >= 4 is 5.95 Å². The van der Waals surface area contributed by atoms with E-state index in [2.05, 4.69) is 25.3 Å². The minimum Gasteiger partial charge on any atom is -0.392 e. The first-order chi connectivity index (χ1) is 11.1. The van der Waals surface area contributed by atoms with Gasteiger partial charge in [-0.25, -0.2) is 9.97 Å². The van der Waals surface area contributed by atoms with E-state index in [0.717, 1.165) is 56.0 Å². The average molecular weight is 316 g/mol. The lowest BCUT2D eigenvalue weighted by atomic mass is 10.1. The van der Waals surface area contributed by atoms with Crippen molar-refractivity contribution in [3.8, 4) is 11.4 Å². The maximum atomic E-state index is 9.70. The van der Waals surface area contributed by atoms with Gasteiger partial charge in [0.05, 0.1) is 17.5 Å². The molecule has 0 aliphatic carbocycles. The number of piperidine rings is 1. The molecule has 0 saturated carbocycles. The van der Waals surface area contributed by atoms with Gasteiger partial charge in [-0.3, -0.25) is 9.58 Å². The smallest absolute Gasteiger partial charge is 0.223 e. The zero-order valence-corrected chi connectivity index (χ0v) is 13.7. The van der Waals surface area contributed by atoms with Crippen molar-refractivity contribution in [3.63, 3.8) is 0 Å². The highest BCUT2D eigenvalue weighted by atomic mass is 16.3. The lowest BCUT2D eigenvalue weighted by molar-refractivity contribution is 0.0730. The topological polar surface area (TPSA) is 79.1 Å². The number of likely N-dealkylation sites (tertiary alicyclic amines) is 1. The number of hydrogen-bond donors (Lipinski definition) is 2. The molecule has 1 saturated heterocycles. The van der Waals surface area contributed by atoms with Gasteiger partial charge in [-0.1, -0.05) is 0 Å². The van der Waals surface area contributed by atoms with Crippen LogP contribution in [0.15, 0.2) is 18.5 Å². The summed E-state index contributed by atoms with van der Waals surface area (Å²) in [5, 5.41) is 17.2. The fourth-order valence-electron chi connectivity index (χ4n) is 2.95. The monoisotopic (exact) mass is 316 g/mol. The first-order valence-corrected chi connectivity index (χ1v) is 8.10. The van der Waals surface area contributed by atoms with Crippen molar-refractivity contribution in [2.45, 2.75) is 25.9 Å². The van der Waals surface area contributed by atoms with Gasteiger partial charge in [-0.15, -0.1) is 0 Å². The summed E-state index contributed by atoms with van der Waals surface area (Å²) in [6, 6.07) is 1.95. The predicted octanol–water partition coefficient (Wildman–Crippen LogP) is 1.05. The highest BCUT2D eigenvalue weighted by molar-refractivity contribution is 5.59. The van der Waals surface area contributed by atoms with Crippen LogP contribution in [0.4, 0.5) is 5.95 Å². The quantitative estimate of drug-likeness (QED) is 0.858. The van der Waals surface area contributed by atoms with E-state index in [0.29, 0.717) is 5.95 Å². The second-order valence-corrected chi connectivity index (χ2v) is 6.09. The molecule has 1 unspecified atom stereocenters. The van der Waals surface area contributed by atoms with E-state index in [1.165, 1.54) is 0 Å². The van der Waals surface area contributed by atoms with E-state index in [4.69, 9.17) is 0 Å². The molecule has 1 aliphatic heterocycles. The van der Waals surface area contributed by atoms with Crippen LogP contribution in [0.2, 0.25) is 0 Å². The molecule has 2 N–H and O–H groups in total. The van der Waals surface area contributed by atoms with Crippen LogP contribution in [0.5, 0.6) is 0 Å². The van der Waals surface area contributed by atoms with Crippen LogP contribution >= 0.6 is 0 Å². The van der Waals surface area contributed by atoms with Crippen LogP contribution < -0.4 is 5.32 Å². The molecular weight excluding hydrogens is 292 g/mol. The molecule has 0 spiro atoms. The Kier molecular flexibility index (Phi) is 4.88. The zero-order chi connectivity index (χ0) is 16.2. The molecule has 1 fully saturated rings. The molecule has 1 atom stereocenters. The minimum atomic E-state index is -0.184. The van der Waals surface area contributed by atoms with Gasteiger partial charge in [0.1, 0.15) is 0 Å². The number of aryl methyl sites for hydroxylation is 2. The molecule has 0 bridgehead atoms. The largest absolute Gasteiger partial charge is 0.392 e. The molecule has 0 aromatic carbocycles. The van der Waals surface area contributed by atoms with Gasteiger partial charge in [-0.05, 0) is 37.9 Å². The van der Waals surface area contributed by atoms with Crippen molar-refractivity contribution in [2.24, 2.45) is 7.05 Å². The first-order valence-electron chi connectivity index (χ1n) is 8.10. The highest BCUT2D eigenvalue weighted by Crippen LogP contribution is 2.20. The van der Waals surface area contributed by atoms with E-state index in [-0.39, 0.29) is 6.10 Å². The van der Waals surface area contributed by atoms with E-state index in [9.17, 15) is 5.11 Å². The summed E-state index contributed by atoms with van der Waals surface area (Å²) in [6.07, 6.45) is 5.40. The molecule has 7 nitrogen and oxygen atoms in total. The van der Waals surface area contributed by atoms with Crippen LogP contribution in [0.25, 0.3) is 11.4 Å². The lowest BCUT2D eigenvalue weighted by Crippen LogP contribution is -2.40. The molecule has 0 amide bonds. The number of aliphatic hydroxyl groups is 1. The third-order valence-electron chi connectivity index (χ3n) is 4.23. The fraction of sp³-hybridized carbons (Fsp3) is 0.562. The number of hydrogen-bond acceptors (Lipinski definition) is 6. The molecule has 0 radical (unpaired) electrons. The maximum absolute atomic E-state index is 9.70. The third-order valence-corrected chi connectivity index (χ3v) is 4.23. The Morgan fingerprint density at radius 3 is 3.04 bits per heavy atom. The summed E-state index contributed by atoms with van der Waals surface area (Å²) in [5.41, 5.74) is 2.90. The number of β-amino-alcohol motifs (C(OH)–C–C–N with tert-alkyl or cyclic N) is 1. The maximum Gasteiger partial charge on any atom is 0.223 e. The van der Waals surface area contributed by atoms with Gasteiger partial charge in [0.25, 0.3) is 0 Å². The van der Waals surface area contributed by atoms with Gasteiger partial charge < -0.3 is 10.4 Å². The van der Waals surface area contributed by atoms with Crippen LogP contribution in [0.1, 0.15) is 18.4 Å². The normalized spacial score (nSPS) is 19.0. The Hall–Kier alpha value is -1.99. The van der Waals surface area contributed by atoms with Crippen LogP contribution in [0.3, 0.4) is 0 Å². The van der Waals surface area contributed by atoms with Crippen molar-refractivity contribution in [2.75, 3.05) is 31.5 Å². The van der Waals surface area contributed by atoms with Crippen LogP contribution in [0, 0.1) is 6.92 Å². The Balaban J connectivity index is 1.61. The van der Waals surface area contributed by atoms with Gasteiger partial charge in [-0.2, -0.15) is 5.10 Å². The summed E-state index contributed by atoms with van der Waals surface area (Å²) in [4.78, 5) is 11.3. The van der Waals surface area contributed by atoms with Crippen molar-refractivity contribution in [1.29, 1.82) is 0 Å². The number of nitrogens with zero attached hydrogens (tertiary/aromatic N) is 5. The second-order valence-electron chi connectivity index (χ2n) is 6.09. The van der Waals surface area contributed by atoms with Crippen molar-refractivity contribution < 1.29 is 5.11 Å². The van der Waals surface area contributed by atoms with Gasteiger partial charge >= 0.3 is 0 Å². The molecule has 2 aromatic heterocycles. The number of anilines is 1. The fourth-order valence-corrected chi connectivity index (χ4v) is 2.95. The Morgan fingerprint density at radius 1 is 1.43 bits per heavy atom. The van der Waals surface area contributed by atoms with Gasteiger partial charge in [0, 0.05) is 39.1 Å². The summed E-state index contributed by atoms with van der Waals surface area (Å²) >= 11 is 0. The Morgan fingerprint density at radius 2 is 2.30 bits per heavy atom. The Labute approximate surface area is 136 Å². The van der Waals surface area contributed by atoms with E-state index in [1.807, 2.05) is 30.9 Å². The van der Waals surface area contributed by atoms with Gasteiger partial charge in [0.2, 0.25) is 5.95 Å². The molecular formula is C16H24N6O. The molecule has 3 heterocycles. The van der Waals surface area contributed by atoms with Crippen molar-refractivity contribution in [1.82, 2.24) is 24.6 Å². The third kappa shape index (κ3) is 3.86. The number of aromatic nitrogens is 4. The predicted molar refractivity (Wildman–Crippen MR) is 89.1 cm³/mol. The standard InChI is InChI=1S/C16H24N6O/c1-12-10-18-16(20-15(12)14-5-6-19-21(14)2)17-7-9-22-8-3-4-13(23)11-22/h5-6,10,13,23H,3-4,7-9,11H2,1-2H3,(H,17,18,20). The van der Waals surface area contributed by atoms with E-state index < -0.39 is 0 Å². The number of aliphatic hydroxyl groups excluding tert-OH is 1. The molecule has 23 heavy (non-hydrogen) atoms. The average Bonchev–Trinajstić information content (AvgIpc) is 2.95. The molecule has 124 valence electrons. The highest BCUT2D eigenvalue weighted by Gasteiger charge is 2.17. The van der Waals surface area contributed by atoms with Gasteiger partial charge in [0.15, 0.2) is 0 Å². The van der Waals surface area contributed by atoms with Crippen LogP contribution in [-0.2, 0) is 7.05 Å². The summed E-state index contributed by atoms with van der Waals surface area (Å²) in [5.74, 6) is 0.629. The number of nitrogens with one attached hydrogen (secondary N) is 1. The van der Waals surface area contributed by atoms with E-state index in [1.54, 1.807) is 6.20 Å². The summed E-state index contributed by atoms with van der Waals surface area (Å²) in [7, 11) is 1.91. The summed E-state index contributed by atoms with van der Waals surface area (Å²) in [6.45, 7) is 5.46. The zero-order valence-electron chi connectivity index (χ0n) is 13.7. The summed E-state index contributed by atoms with van der Waals surface area (Å²) < 4.78 is 1.81. The minimum absolute atomic E-state index is 0.184. The lowest BCUT2D eigenvalue weighted by Gasteiger charge is -2.29. The second kappa shape index (κ2) is 7.06. The molecule has 1 aliphatic rings. The molecule has 7 heteroatoms. The Bertz CT molecular complexity index is 656. The molecule has 3 rings (SSSR count).